The first-order chi connectivity index (χ1) is 9.63. The Morgan fingerprint density at radius 3 is 2.57 bits per heavy atom. The predicted molar refractivity (Wildman–Crippen MR) is 71.3 cm³/mol. The third-order valence-electron chi connectivity index (χ3n) is 3.28. The molecule has 0 bridgehead atoms. The average Bonchev–Trinajstić information content (AvgIpc) is 2.67. The summed E-state index contributed by atoms with van der Waals surface area (Å²) in [4.78, 5) is 10.3. The number of nitrogens with one attached hydrogen (secondary N) is 1. The van der Waals surface area contributed by atoms with Crippen molar-refractivity contribution in [2.45, 2.75) is 36.1 Å². The van der Waals surface area contributed by atoms with E-state index in [2.05, 4.69) is 0 Å². The Labute approximate surface area is 125 Å². The molecule has 9 heteroatoms. The number of hydrogen-bond donors (Lipinski definition) is 2. The molecule has 0 aromatic heterocycles. The molecule has 21 heavy (non-hydrogen) atoms. The number of carboxylic acid groups (broad SMARTS) is 1. The molecular weight excluding hydrogens is 328 g/mol. The second-order valence-electron chi connectivity index (χ2n) is 4.78. The van der Waals surface area contributed by atoms with Crippen LogP contribution < -0.4 is 4.72 Å². The van der Waals surface area contributed by atoms with Gasteiger partial charge < -0.3 is 5.11 Å². The first-order valence-corrected chi connectivity index (χ1v) is 7.92. The predicted octanol–water partition coefficient (Wildman–Crippen LogP) is 2.50. The van der Waals surface area contributed by atoms with Crippen molar-refractivity contribution >= 4 is 27.6 Å². The Bertz CT molecular complexity index is 678. The molecule has 2 N–H and O–H groups in total. The molecule has 0 radical (unpaired) electrons. The summed E-state index contributed by atoms with van der Waals surface area (Å²) in [6.45, 7) is 0. The molecule has 1 aliphatic carbocycles. The first kappa shape index (κ1) is 16.1. The maximum Gasteiger partial charge on any atom is 0.335 e. The van der Waals surface area contributed by atoms with Crippen LogP contribution in [0.1, 0.15) is 29.6 Å². The van der Waals surface area contributed by atoms with Crippen molar-refractivity contribution < 1.29 is 27.1 Å². The van der Waals surface area contributed by atoms with Crippen molar-refractivity contribution in [3.05, 3.63) is 28.8 Å². The molecule has 116 valence electrons. The van der Waals surface area contributed by atoms with Crippen LogP contribution in [-0.4, -0.2) is 31.5 Å². The van der Waals surface area contributed by atoms with E-state index in [9.17, 15) is 22.0 Å². The molecule has 1 saturated carbocycles. The molecule has 1 atom stereocenters. The van der Waals surface area contributed by atoms with E-state index in [-0.39, 0.29) is 29.8 Å². The van der Waals surface area contributed by atoms with Gasteiger partial charge in [0.2, 0.25) is 10.0 Å². The Balaban J connectivity index is 2.30. The summed E-state index contributed by atoms with van der Waals surface area (Å²) in [5, 5.41) is 8.45. The highest BCUT2D eigenvalue weighted by Crippen LogP contribution is 2.36. The van der Waals surface area contributed by atoms with Gasteiger partial charge in [0.05, 0.1) is 16.6 Å². The molecule has 1 aromatic rings. The molecule has 1 fully saturated rings. The third kappa shape index (κ3) is 3.33. The summed E-state index contributed by atoms with van der Waals surface area (Å²) in [7, 11) is -4.24. The second kappa shape index (κ2) is 5.51. The van der Waals surface area contributed by atoms with Crippen LogP contribution in [0.15, 0.2) is 23.1 Å². The molecule has 0 amide bonds. The highest BCUT2D eigenvalue weighted by atomic mass is 35.5. The summed E-state index contributed by atoms with van der Waals surface area (Å²) >= 11 is 5.74. The lowest BCUT2D eigenvalue weighted by molar-refractivity contribution is -0.0113. The van der Waals surface area contributed by atoms with Gasteiger partial charge in [0.25, 0.3) is 5.92 Å². The smallest absolute Gasteiger partial charge is 0.335 e. The van der Waals surface area contributed by atoms with Crippen molar-refractivity contribution in [3.63, 3.8) is 0 Å². The lowest BCUT2D eigenvalue weighted by Crippen LogP contribution is -2.43. The molecule has 5 nitrogen and oxygen atoms in total. The minimum Gasteiger partial charge on any atom is -0.478 e. The fraction of sp³-hybridized carbons (Fsp3) is 0.417. The van der Waals surface area contributed by atoms with E-state index in [1.807, 2.05) is 4.72 Å². The summed E-state index contributed by atoms with van der Waals surface area (Å²) in [6, 6.07) is 1.53. The number of carboxylic acids is 1. The number of aromatic carboxylic acids is 1. The monoisotopic (exact) mass is 339 g/mol. The summed E-state index contributed by atoms with van der Waals surface area (Å²) in [5.41, 5.74) is -0.190. The minimum absolute atomic E-state index is 0.0387. The topological polar surface area (TPSA) is 83.5 Å². The number of hydrogen-bond acceptors (Lipinski definition) is 3. The summed E-state index contributed by atoms with van der Waals surface area (Å²) < 4.78 is 53.1. The van der Waals surface area contributed by atoms with E-state index in [0.29, 0.717) is 0 Å². The Kier molecular flexibility index (Phi) is 4.23. The van der Waals surface area contributed by atoms with Gasteiger partial charge >= 0.3 is 5.97 Å². The average molecular weight is 340 g/mol. The standard InChI is InChI=1S/C12H12ClF2NO4S/c13-8-6-7(11(17)18)3-4-9(8)21(19,20)16-10-2-1-5-12(10,14)15/h3-4,6,10,16H,1-2,5H2,(H,17,18). The Morgan fingerprint density at radius 1 is 1.43 bits per heavy atom. The van der Waals surface area contributed by atoms with E-state index in [0.717, 1.165) is 18.2 Å². The molecule has 0 aliphatic heterocycles. The Hall–Kier alpha value is -1.25. The van der Waals surface area contributed by atoms with Crippen LogP contribution in [0.3, 0.4) is 0 Å². The maximum absolute atomic E-state index is 13.5. The van der Waals surface area contributed by atoms with Gasteiger partial charge in [-0.3, -0.25) is 0 Å². The van der Waals surface area contributed by atoms with Crippen molar-refractivity contribution in [3.8, 4) is 0 Å². The van der Waals surface area contributed by atoms with Gasteiger partial charge in [-0.05, 0) is 31.0 Å². The van der Waals surface area contributed by atoms with Gasteiger partial charge in [-0.15, -0.1) is 0 Å². The highest BCUT2D eigenvalue weighted by molar-refractivity contribution is 7.89. The quantitative estimate of drug-likeness (QED) is 0.882. The number of rotatable bonds is 4. The van der Waals surface area contributed by atoms with Gasteiger partial charge in [-0.25, -0.2) is 26.7 Å². The van der Waals surface area contributed by atoms with Crippen molar-refractivity contribution in [1.82, 2.24) is 4.72 Å². The molecule has 1 unspecified atom stereocenters. The molecular formula is C12H12ClF2NO4S. The van der Waals surface area contributed by atoms with Crippen LogP contribution in [0, 0.1) is 0 Å². The molecule has 0 heterocycles. The molecule has 1 aromatic carbocycles. The lowest BCUT2D eigenvalue weighted by atomic mass is 10.2. The summed E-state index contributed by atoms with van der Waals surface area (Å²) in [6.07, 6.45) is -0.102. The second-order valence-corrected chi connectivity index (χ2v) is 6.87. The van der Waals surface area contributed by atoms with E-state index in [4.69, 9.17) is 16.7 Å². The molecule has 0 spiro atoms. The zero-order valence-corrected chi connectivity index (χ0v) is 12.2. The van der Waals surface area contributed by atoms with Crippen LogP contribution in [0.25, 0.3) is 0 Å². The number of benzene rings is 1. The largest absolute Gasteiger partial charge is 0.478 e. The third-order valence-corrected chi connectivity index (χ3v) is 5.23. The van der Waals surface area contributed by atoms with Gasteiger partial charge in [0.1, 0.15) is 4.90 Å². The van der Waals surface area contributed by atoms with E-state index in [1.165, 1.54) is 0 Å². The van der Waals surface area contributed by atoms with Crippen LogP contribution in [-0.2, 0) is 10.0 Å². The van der Waals surface area contributed by atoms with Crippen LogP contribution in [0.5, 0.6) is 0 Å². The number of sulfonamides is 1. The van der Waals surface area contributed by atoms with E-state index >= 15 is 0 Å². The van der Waals surface area contributed by atoms with Crippen molar-refractivity contribution in [2.75, 3.05) is 0 Å². The molecule has 0 saturated heterocycles. The first-order valence-electron chi connectivity index (χ1n) is 6.06. The van der Waals surface area contributed by atoms with Crippen LogP contribution >= 0.6 is 11.6 Å². The van der Waals surface area contributed by atoms with E-state index in [1.54, 1.807) is 0 Å². The number of halogens is 3. The molecule has 2 rings (SSSR count). The zero-order valence-electron chi connectivity index (χ0n) is 10.6. The number of carbonyl (C=O) groups is 1. The fourth-order valence-electron chi connectivity index (χ4n) is 2.17. The van der Waals surface area contributed by atoms with Gasteiger partial charge in [0.15, 0.2) is 0 Å². The normalized spacial score (nSPS) is 21.4. The van der Waals surface area contributed by atoms with Crippen LogP contribution in [0.4, 0.5) is 8.78 Å². The lowest BCUT2D eigenvalue weighted by Gasteiger charge is -2.20. The van der Waals surface area contributed by atoms with Gasteiger partial charge in [-0.1, -0.05) is 11.6 Å². The van der Waals surface area contributed by atoms with Gasteiger partial charge in [0, 0.05) is 6.42 Å². The van der Waals surface area contributed by atoms with Crippen molar-refractivity contribution in [2.24, 2.45) is 0 Å². The minimum atomic E-state index is -4.24. The fourth-order valence-corrected chi connectivity index (χ4v) is 4.01. The SMILES string of the molecule is O=C(O)c1ccc(S(=O)(=O)NC2CCCC2(F)F)c(Cl)c1. The molecule has 1 aliphatic rings. The Morgan fingerprint density at radius 2 is 2.10 bits per heavy atom. The van der Waals surface area contributed by atoms with Crippen LogP contribution in [0.2, 0.25) is 5.02 Å². The van der Waals surface area contributed by atoms with Crippen molar-refractivity contribution in [1.29, 1.82) is 0 Å². The van der Waals surface area contributed by atoms with E-state index < -0.39 is 32.9 Å². The number of alkyl halides is 2. The maximum atomic E-state index is 13.5. The summed E-state index contributed by atoms with van der Waals surface area (Å²) in [5.74, 6) is -4.36. The zero-order chi connectivity index (χ0) is 15.8. The highest BCUT2D eigenvalue weighted by Gasteiger charge is 2.46. The van der Waals surface area contributed by atoms with Gasteiger partial charge in [-0.2, -0.15) is 0 Å².